The summed E-state index contributed by atoms with van der Waals surface area (Å²) in [6, 6.07) is 20.6. The maximum absolute atomic E-state index is 12.4. The van der Waals surface area contributed by atoms with E-state index in [9.17, 15) is 9.59 Å². The Hall–Kier alpha value is -3.84. The second kappa shape index (κ2) is 10.2. The molecule has 0 amide bonds. The first kappa shape index (κ1) is 22.4. The largest absolute Gasteiger partial charge is 0.487 e. The van der Waals surface area contributed by atoms with Crippen molar-refractivity contribution >= 4 is 34.5 Å². The number of esters is 2. The predicted molar refractivity (Wildman–Crippen MR) is 121 cm³/mol. The normalized spacial score (nSPS) is 11.7. The fraction of sp³-hybridized carbons (Fsp3) is 0.160. The van der Waals surface area contributed by atoms with Crippen molar-refractivity contribution in [2.45, 2.75) is 18.9 Å². The highest BCUT2D eigenvalue weighted by Crippen LogP contribution is 2.27. The average molecular weight is 466 g/mol. The Morgan fingerprint density at radius 2 is 1.73 bits per heavy atom. The molecule has 168 valence electrons. The van der Waals surface area contributed by atoms with Crippen molar-refractivity contribution in [3.8, 4) is 11.5 Å². The first-order chi connectivity index (χ1) is 16.0. The first-order valence-corrected chi connectivity index (χ1v) is 10.7. The zero-order valence-corrected chi connectivity index (χ0v) is 18.5. The summed E-state index contributed by atoms with van der Waals surface area (Å²) < 4.78 is 21.5. The fourth-order valence-electron chi connectivity index (χ4n) is 3.12. The summed E-state index contributed by atoms with van der Waals surface area (Å²) in [6.07, 6.45) is 0. The summed E-state index contributed by atoms with van der Waals surface area (Å²) in [5.41, 5.74) is 2.13. The molecular formula is C25H20ClNO6. The Labute approximate surface area is 194 Å². The van der Waals surface area contributed by atoms with E-state index in [0.29, 0.717) is 40.5 Å². The third-order valence-electron chi connectivity index (χ3n) is 4.78. The maximum atomic E-state index is 12.4. The SMILES string of the molecule is CCOC(=O)c1ccc(OCc2noc3cc(OC(=O)C(Cl)c4ccccc4)ccc23)cc1. The lowest BCUT2D eigenvalue weighted by atomic mass is 10.1. The molecule has 7 nitrogen and oxygen atoms in total. The Morgan fingerprint density at radius 3 is 2.45 bits per heavy atom. The van der Waals surface area contributed by atoms with Crippen molar-refractivity contribution in [3.63, 3.8) is 0 Å². The summed E-state index contributed by atoms with van der Waals surface area (Å²) in [7, 11) is 0. The van der Waals surface area contributed by atoms with Crippen LogP contribution in [0.25, 0.3) is 11.0 Å². The molecule has 0 radical (unpaired) electrons. The summed E-state index contributed by atoms with van der Waals surface area (Å²) in [6.45, 7) is 2.23. The molecule has 0 spiro atoms. The second-order valence-electron chi connectivity index (χ2n) is 7.02. The molecule has 1 heterocycles. The van der Waals surface area contributed by atoms with Gasteiger partial charge in [0.05, 0.1) is 12.2 Å². The Bertz CT molecular complexity index is 1250. The monoisotopic (exact) mass is 465 g/mol. The van der Waals surface area contributed by atoms with Gasteiger partial charge in [-0.1, -0.05) is 35.5 Å². The molecule has 0 fully saturated rings. The predicted octanol–water partition coefficient (Wildman–Crippen LogP) is 5.47. The van der Waals surface area contributed by atoms with Crippen LogP contribution in [-0.4, -0.2) is 23.7 Å². The molecular weight excluding hydrogens is 446 g/mol. The van der Waals surface area contributed by atoms with Crippen molar-refractivity contribution in [1.82, 2.24) is 5.16 Å². The van der Waals surface area contributed by atoms with Gasteiger partial charge in [0, 0.05) is 11.5 Å². The van der Waals surface area contributed by atoms with Crippen LogP contribution in [0, 0.1) is 0 Å². The van der Waals surface area contributed by atoms with Gasteiger partial charge in [0.15, 0.2) is 11.0 Å². The lowest BCUT2D eigenvalue weighted by molar-refractivity contribution is -0.134. The van der Waals surface area contributed by atoms with Gasteiger partial charge in [0.2, 0.25) is 0 Å². The number of carbonyl (C=O) groups is 2. The van der Waals surface area contributed by atoms with Crippen LogP contribution < -0.4 is 9.47 Å². The van der Waals surface area contributed by atoms with Gasteiger partial charge in [0.1, 0.15) is 23.8 Å². The van der Waals surface area contributed by atoms with Crippen LogP contribution in [0.1, 0.15) is 33.9 Å². The number of hydrogen-bond acceptors (Lipinski definition) is 7. The molecule has 4 rings (SSSR count). The lowest BCUT2D eigenvalue weighted by Gasteiger charge is -2.09. The van der Waals surface area contributed by atoms with Crippen LogP contribution >= 0.6 is 11.6 Å². The van der Waals surface area contributed by atoms with Crippen LogP contribution in [0.15, 0.2) is 77.3 Å². The molecule has 33 heavy (non-hydrogen) atoms. The fourth-order valence-corrected chi connectivity index (χ4v) is 3.31. The molecule has 0 N–H and O–H groups in total. The van der Waals surface area contributed by atoms with Crippen LogP contribution in [0.3, 0.4) is 0 Å². The van der Waals surface area contributed by atoms with E-state index in [2.05, 4.69) is 5.16 Å². The minimum absolute atomic E-state index is 0.155. The maximum Gasteiger partial charge on any atom is 0.338 e. The summed E-state index contributed by atoms with van der Waals surface area (Å²) in [4.78, 5) is 24.1. The van der Waals surface area contributed by atoms with Gasteiger partial charge in [0.25, 0.3) is 0 Å². The standard InChI is InChI=1S/C25H20ClNO6/c1-2-30-24(28)17-8-10-18(11-9-17)31-15-21-20-13-12-19(14-22(20)33-27-21)32-25(29)23(26)16-6-4-3-5-7-16/h3-14,23H,2,15H2,1H3. The summed E-state index contributed by atoms with van der Waals surface area (Å²) >= 11 is 6.22. The Morgan fingerprint density at radius 1 is 1.00 bits per heavy atom. The zero-order valence-electron chi connectivity index (χ0n) is 17.7. The van der Waals surface area contributed by atoms with E-state index in [-0.39, 0.29) is 12.6 Å². The van der Waals surface area contributed by atoms with Gasteiger partial charge in [-0.15, -0.1) is 11.6 Å². The highest BCUT2D eigenvalue weighted by molar-refractivity contribution is 6.30. The zero-order chi connectivity index (χ0) is 23.2. The quantitative estimate of drug-likeness (QED) is 0.194. The summed E-state index contributed by atoms with van der Waals surface area (Å²) in [5, 5.41) is 3.85. The molecule has 0 bridgehead atoms. The number of benzene rings is 3. The number of alkyl halides is 1. The Kier molecular flexibility index (Phi) is 6.90. The third kappa shape index (κ3) is 5.32. The van der Waals surface area contributed by atoms with E-state index in [1.54, 1.807) is 73.7 Å². The van der Waals surface area contributed by atoms with Crippen molar-refractivity contribution in [1.29, 1.82) is 0 Å². The molecule has 0 aliphatic carbocycles. The number of carbonyl (C=O) groups excluding carboxylic acids is 2. The molecule has 4 aromatic rings. The number of rotatable bonds is 8. The number of fused-ring (bicyclic) bond motifs is 1. The van der Waals surface area contributed by atoms with Crippen molar-refractivity contribution in [2.75, 3.05) is 6.61 Å². The van der Waals surface area contributed by atoms with Gasteiger partial charge < -0.3 is 18.7 Å². The Balaban J connectivity index is 1.39. The van der Waals surface area contributed by atoms with Gasteiger partial charge >= 0.3 is 11.9 Å². The van der Waals surface area contributed by atoms with Crippen LogP contribution in [0.5, 0.6) is 11.5 Å². The highest BCUT2D eigenvalue weighted by Gasteiger charge is 2.20. The first-order valence-electron chi connectivity index (χ1n) is 10.2. The smallest absolute Gasteiger partial charge is 0.338 e. The van der Waals surface area contributed by atoms with E-state index in [1.807, 2.05) is 6.07 Å². The molecule has 1 unspecified atom stereocenters. The molecule has 0 aliphatic heterocycles. The average Bonchev–Trinajstić information content (AvgIpc) is 3.25. The number of ether oxygens (including phenoxy) is 3. The van der Waals surface area contributed by atoms with Gasteiger partial charge in [-0.05, 0) is 48.9 Å². The minimum Gasteiger partial charge on any atom is -0.487 e. The summed E-state index contributed by atoms with van der Waals surface area (Å²) in [5.74, 6) is -0.102. The van der Waals surface area contributed by atoms with Gasteiger partial charge in [-0.25, -0.2) is 9.59 Å². The van der Waals surface area contributed by atoms with E-state index in [4.69, 9.17) is 30.3 Å². The van der Waals surface area contributed by atoms with E-state index < -0.39 is 11.3 Å². The molecule has 0 saturated heterocycles. The van der Waals surface area contributed by atoms with Crippen LogP contribution in [-0.2, 0) is 16.1 Å². The lowest BCUT2D eigenvalue weighted by Crippen LogP contribution is -2.14. The van der Waals surface area contributed by atoms with Gasteiger partial charge in [-0.3, -0.25) is 0 Å². The van der Waals surface area contributed by atoms with Crippen LogP contribution in [0.2, 0.25) is 0 Å². The molecule has 8 heteroatoms. The van der Waals surface area contributed by atoms with Gasteiger partial charge in [-0.2, -0.15) is 0 Å². The molecule has 3 aromatic carbocycles. The van der Waals surface area contributed by atoms with Crippen molar-refractivity contribution < 1.29 is 28.3 Å². The molecule has 0 saturated carbocycles. The van der Waals surface area contributed by atoms with Crippen LogP contribution in [0.4, 0.5) is 0 Å². The van der Waals surface area contributed by atoms with E-state index in [0.717, 1.165) is 5.39 Å². The second-order valence-corrected chi connectivity index (χ2v) is 7.45. The molecule has 0 aliphatic rings. The topological polar surface area (TPSA) is 87.9 Å². The minimum atomic E-state index is -0.921. The van der Waals surface area contributed by atoms with E-state index in [1.165, 1.54) is 0 Å². The molecule has 1 atom stereocenters. The number of halogens is 1. The van der Waals surface area contributed by atoms with Crippen molar-refractivity contribution in [2.24, 2.45) is 0 Å². The number of nitrogens with zero attached hydrogens (tertiary/aromatic N) is 1. The third-order valence-corrected chi connectivity index (χ3v) is 5.21. The van der Waals surface area contributed by atoms with E-state index >= 15 is 0 Å². The number of hydrogen-bond donors (Lipinski definition) is 0. The highest BCUT2D eigenvalue weighted by atomic mass is 35.5. The number of aromatic nitrogens is 1. The molecule has 1 aromatic heterocycles. The van der Waals surface area contributed by atoms with Crippen molar-refractivity contribution in [3.05, 3.63) is 89.6 Å².